The maximum absolute atomic E-state index is 12.3. The number of esters is 1. The number of ketones is 1. The summed E-state index contributed by atoms with van der Waals surface area (Å²) >= 11 is 0. The lowest BCUT2D eigenvalue weighted by molar-refractivity contribution is -0.148. The number of rotatable bonds is 9. The van der Waals surface area contributed by atoms with Crippen LogP contribution in [-0.4, -0.2) is 24.3 Å². The highest BCUT2D eigenvalue weighted by atomic mass is 16.5. The summed E-state index contributed by atoms with van der Waals surface area (Å²) in [7, 11) is 0. The molecule has 0 radical (unpaired) electrons. The molecule has 0 aromatic heterocycles. The van der Waals surface area contributed by atoms with Crippen molar-refractivity contribution in [2.45, 2.75) is 19.4 Å². The Labute approximate surface area is 175 Å². The molecule has 0 fully saturated rings. The van der Waals surface area contributed by atoms with Crippen molar-refractivity contribution >= 4 is 17.7 Å². The Morgan fingerprint density at radius 2 is 1.30 bits per heavy atom. The predicted molar refractivity (Wildman–Crippen MR) is 115 cm³/mol. The fraction of sp³-hybridized carbons (Fsp3) is 0.160. The van der Waals surface area contributed by atoms with E-state index in [0.29, 0.717) is 12.1 Å². The Morgan fingerprint density at radius 1 is 0.700 bits per heavy atom. The molecular formula is C25H23NO4. The molecule has 1 amide bonds. The van der Waals surface area contributed by atoms with E-state index in [1.165, 1.54) is 0 Å². The number of carbonyl (C=O) groups is 3. The van der Waals surface area contributed by atoms with Gasteiger partial charge in [-0.15, -0.1) is 0 Å². The number of benzene rings is 3. The van der Waals surface area contributed by atoms with Crippen molar-refractivity contribution in [1.82, 2.24) is 5.32 Å². The van der Waals surface area contributed by atoms with E-state index in [1.54, 1.807) is 12.1 Å². The Kier molecular flexibility index (Phi) is 7.50. The number of ether oxygens (including phenoxy) is 1. The largest absolute Gasteiger partial charge is 0.456 e. The normalized spacial score (nSPS) is 10.3. The molecule has 0 aliphatic carbocycles. The molecule has 1 N–H and O–H groups in total. The summed E-state index contributed by atoms with van der Waals surface area (Å²) in [5.74, 6) is -1.09. The molecule has 0 saturated carbocycles. The van der Waals surface area contributed by atoms with Gasteiger partial charge in [0.05, 0.1) is 6.42 Å². The van der Waals surface area contributed by atoms with E-state index in [0.717, 1.165) is 16.7 Å². The van der Waals surface area contributed by atoms with Crippen molar-refractivity contribution in [3.63, 3.8) is 0 Å². The van der Waals surface area contributed by atoms with Crippen LogP contribution >= 0.6 is 0 Å². The van der Waals surface area contributed by atoms with Crippen LogP contribution in [0, 0.1) is 0 Å². The smallest absolute Gasteiger partial charge is 0.306 e. The quantitative estimate of drug-likeness (QED) is 0.431. The third-order valence-corrected chi connectivity index (χ3v) is 4.57. The van der Waals surface area contributed by atoms with E-state index < -0.39 is 5.97 Å². The van der Waals surface area contributed by atoms with Crippen molar-refractivity contribution < 1.29 is 19.1 Å². The van der Waals surface area contributed by atoms with Gasteiger partial charge in [-0.1, -0.05) is 84.9 Å². The van der Waals surface area contributed by atoms with E-state index in [4.69, 9.17) is 4.74 Å². The highest BCUT2D eigenvalue weighted by molar-refractivity contribution is 5.98. The molecule has 0 unspecified atom stereocenters. The van der Waals surface area contributed by atoms with Gasteiger partial charge in [0.1, 0.15) is 0 Å². The Bertz CT molecular complexity index is 983. The first kappa shape index (κ1) is 21.0. The standard InChI is InChI=1S/C25H23NO4/c27-23(22-13-11-21(12-14-22)20-9-5-2-6-10-20)15-16-25(29)30-18-24(28)26-17-19-7-3-1-4-8-19/h1-14H,15-18H2,(H,26,28). The highest BCUT2D eigenvalue weighted by Crippen LogP contribution is 2.20. The van der Waals surface area contributed by atoms with Crippen molar-refractivity contribution in [3.8, 4) is 11.1 Å². The number of hydrogen-bond donors (Lipinski definition) is 1. The first-order chi connectivity index (χ1) is 14.6. The maximum Gasteiger partial charge on any atom is 0.306 e. The van der Waals surface area contributed by atoms with Crippen molar-refractivity contribution in [2.75, 3.05) is 6.61 Å². The summed E-state index contributed by atoms with van der Waals surface area (Å²) in [5, 5.41) is 2.68. The van der Waals surface area contributed by atoms with Crippen LogP contribution < -0.4 is 5.32 Å². The molecule has 0 heterocycles. The van der Waals surface area contributed by atoms with Gasteiger partial charge < -0.3 is 10.1 Å². The summed E-state index contributed by atoms with van der Waals surface area (Å²) in [6.07, 6.45) is -0.0274. The van der Waals surface area contributed by atoms with Gasteiger partial charge >= 0.3 is 5.97 Å². The molecule has 3 rings (SSSR count). The number of nitrogens with one attached hydrogen (secondary N) is 1. The lowest BCUT2D eigenvalue weighted by Gasteiger charge is -2.07. The molecule has 5 nitrogen and oxygen atoms in total. The van der Waals surface area contributed by atoms with Gasteiger partial charge in [0.2, 0.25) is 0 Å². The summed E-state index contributed by atoms with van der Waals surface area (Å²) in [6, 6.07) is 26.6. The van der Waals surface area contributed by atoms with Crippen LogP contribution in [0.5, 0.6) is 0 Å². The second kappa shape index (κ2) is 10.7. The van der Waals surface area contributed by atoms with Gasteiger partial charge in [-0.2, -0.15) is 0 Å². The second-order valence-corrected chi connectivity index (χ2v) is 6.79. The third-order valence-electron chi connectivity index (χ3n) is 4.57. The van der Waals surface area contributed by atoms with Crippen molar-refractivity contribution in [2.24, 2.45) is 0 Å². The molecule has 0 bridgehead atoms. The van der Waals surface area contributed by atoms with Crippen LogP contribution in [0.2, 0.25) is 0 Å². The van der Waals surface area contributed by atoms with Gasteiger partial charge in [0.25, 0.3) is 5.91 Å². The van der Waals surface area contributed by atoms with E-state index in [-0.39, 0.29) is 31.1 Å². The summed E-state index contributed by atoms with van der Waals surface area (Å²) in [6.45, 7) is 0.0142. The maximum atomic E-state index is 12.3. The first-order valence-electron chi connectivity index (χ1n) is 9.77. The van der Waals surface area contributed by atoms with Crippen LogP contribution in [0.15, 0.2) is 84.9 Å². The predicted octanol–water partition coefficient (Wildman–Crippen LogP) is 4.18. The van der Waals surface area contributed by atoms with Crippen molar-refractivity contribution in [3.05, 3.63) is 96.1 Å². The Morgan fingerprint density at radius 3 is 1.97 bits per heavy atom. The molecule has 0 aliphatic heterocycles. The second-order valence-electron chi connectivity index (χ2n) is 6.79. The molecule has 30 heavy (non-hydrogen) atoms. The van der Waals surface area contributed by atoms with E-state index >= 15 is 0 Å². The summed E-state index contributed by atoms with van der Waals surface area (Å²) in [5.41, 5.74) is 3.60. The molecule has 0 aliphatic rings. The SMILES string of the molecule is O=C(COC(=O)CCC(=O)c1ccc(-c2ccccc2)cc1)NCc1ccccc1. The zero-order valence-electron chi connectivity index (χ0n) is 16.5. The molecule has 0 atom stereocenters. The molecule has 0 saturated heterocycles. The summed E-state index contributed by atoms with van der Waals surface area (Å²) in [4.78, 5) is 35.9. The minimum absolute atomic E-state index is 0.0369. The minimum atomic E-state index is -0.570. The Hall–Kier alpha value is -3.73. The zero-order valence-corrected chi connectivity index (χ0v) is 16.5. The van der Waals surface area contributed by atoms with E-state index in [1.807, 2.05) is 72.8 Å². The van der Waals surface area contributed by atoms with Crippen LogP contribution in [0.25, 0.3) is 11.1 Å². The number of hydrogen-bond acceptors (Lipinski definition) is 4. The van der Waals surface area contributed by atoms with Crippen LogP contribution in [0.3, 0.4) is 0 Å². The molecule has 3 aromatic carbocycles. The average Bonchev–Trinajstić information content (AvgIpc) is 2.81. The highest BCUT2D eigenvalue weighted by Gasteiger charge is 2.12. The lowest BCUT2D eigenvalue weighted by atomic mass is 10.0. The number of Topliss-reactive ketones (excluding diaryl/α,β-unsaturated/α-hetero) is 1. The molecule has 5 heteroatoms. The van der Waals surface area contributed by atoms with Gasteiger partial charge in [0.15, 0.2) is 12.4 Å². The lowest BCUT2D eigenvalue weighted by Crippen LogP contribution is -2.28. The van der Waals surface area contributed by atoms with E-state index in [2.05, 4.69) is 5.32 Å². The first-order valence-corrected chi connectivity index (χ1v) is 9.77. The molecule has 0 spiro atoms. The zero-order chi connectivity index (χ0) is 21.2. The molecule has 152 valence electrons. The third kappa shape index (κ3) is 6.41. The molecular weight excluding hydrogens is 378 g/mol. The Balaban J connectivity index is 1.39. The summed E-state index contributed by atoms with van der Waals surface area (Å²) < 4.78 is 4.95. The monoisotopic (exact) mass is 401 g/mol. The average molecular weight is 401 g/mol. The van der Waals surface area contributed by atoms with Crippen LogP contribution in [0.1, 0.15) is 28.8 Å². The van der Waals surface area contributed by atoms with E-state index in [9.17, 15) is 14.4 Å². The van der Waals surface area contributed by atoms with Gasteiger partial charge in [-0.3, -0.25) is 14.4 Å². The fourth-order valence-corrected chi connectivity index (χ4v) is 2.90. The van der Waals surface area contributed by atoms with Gasteiger partial charge in [0, 0.05) is 18.5 Å². The number of amides is 1. The minimum Gasteiger partial charge on any atom is -0.456 e. The van der Waals surface area contributed by atoms with Crippen LogP contribution in [0.4, 0.5) is 0 Å². The topological polar surface area (TPSA) is 72.5 Å². The van der Waals surface area contributed by atoms with Gasteiger partial charge in [-0.05, 0) is 16.7 Å². The fourth-order valence-electron chi connectivity index (χ4n) is 2.90. The van der Waals surface area contributed by atoms with Crippen LogP contribution in [-0.2, 0) is 20.9 Å². The molecule has 3 aromatic rings. The van der Waals surface area contributed by atoms with Crippen molar-refractivity contribution in [1.29, 1.82) is 0 Å². The number of carbonyl (C=O) groups excluding carboxylic acids is 3. The van der Waals surface area contributed by atoms with Gasteiger partial charge in [-0.25, -0.2) is 0 Å².